The second-order valence-corrected chi connectivity index (χ2v) is 6.70. The minimum atomic E-state index is -0.257. The maximum Gasteiger partial charge on any atom is 0.145 e. The molecule has 1 aromatic heterocycles. The predicted octanol–water partition coefficient (Wildman–Crippen LogP) is 6.51. The molecule has 1 N–H and O–H groups in total. The number of aliphatic hydroxyl groups is 1. The van der Waals surface area contributed by atoms with E-state index in [-0.39, 0.29) is 5.82 Å². The van der Waals surface area contributed by atoms with E-state index in [9.17, 15) is 4.39 Å². The van der Waals surface area contributed by atoms with E-state index in [0.717, 1.165) is 37.6 Å². The first-order valence-corrected chi connectivity index (χ1v) is 9.67. The second-order valence-electron chi connectivity index (χ2n) is 6.70. The van der Waals surface area contributed by atoms with E-state index in [1.165, 1.54) is 44.6 Å². The van der Waals surface area contributed by atoms with E-state index < -0.39 is 0 Å². The molecule has 1 heterocycles. The molecule has 0 atom stereocenters. The van der Waals surface area contributed by atoms with Gasteiger partial charge in [0.15, 0.2) is 0 Å². The Hall–Kier alpha value is -2.10. The maximum atomic E-state index is 13.9. The van der Waals surface area contributed by atoms with E-state index in [0.29, 0.717) is 16.7 Å². The second kappa shape index (κ2) is 11.5. The lowest BCUT2D eigenvalue weighted by Crippen LogP contribution is -1.95. The molecule has 2 rings (SSSR count). The molecule has 2 aromatic rings. The van der Waals surface area contributed by atoms with Crippen LogP contribution in [-0.4, -0.2) is 17.2 Å². The molecule has 0 bridgehead atoms. The zero-order valence-electron chi connectivity index (χ0n) is 15.7. The third-order valence-electron chi connectivity index (χ3n) is 4.70. The Morgan fingerprint density at radius 3 is 2.35 bits per heavy atom. The highest BCUT2D eigenvalue weighted by molar-refractivity contribution is 5.85. The molecule has 3 nitrogen and oxygen atoms in total. The van der Waals surface area contributed by atoms with Crippen molar-refractivity contribution in [3.05, 3.63) is 48.1 Å². The quantitative estimate of drug-likeness (QED) is 0.347. The van der Waals surface area contributed by atoms with Crippen molar-refractivity contribution in [2.45, 2.75) is 64.2 Å². The van der Waals surface area contributed by atoms with Crippen molar-refractivity contribution in [3.8, 4) is 5.75 Å². The average Bonchev–Trinajstić information content (AvgIpc) is 2.66. The minimum Gasteiger partial charge on any atom is -0.516 e. The monoisotopic (exact) mass is 359 g/mol. The summed E-state index contributed by atoms with van der Waals surface area (Å²) in [6, 6.07) is 6.79. The summed E-state index contributed by atoms with van der Waals surface area (Å²) in [6.45, 7) is 0. The topological polar surface area (TPSA) is 42.4 Å². The van der Waals surface area contributed by atoms with Gasteiger partial charge in [0.05, 0.1) is 13.4 Å². The number of unbranched alkanes of at least 4 members (excludes halogenated alkanes) is 8. The fraction of sp³-hybridized carbons (Fsp3) is 0.500. The van der Waals surface area contributed by atoms with Gasteiger partial charge in [-0.15, -0.1) is 0 Å². The summed E-state index contributed by atoms with van der Waals surface area (Å²) in [4.78, 5) is 4.60. The molecule has 26 heavy (non-hydrogen) atoms. The van der Waals surface area contributed by atoms with Gasteiger partial charge in [-0.2, -0.15) is 0 Å². The highest BCUT2D eigenvalue weighted by atomic mass is 19.1. The van der Waals surface area contributed by atoms with Crippen LogP contribution in [0.4, 0.5) is 4.39 Å². The Bertz CT molecular complexity index is 700. The van der Waals surface area contributed by atoms with Crippen LogP contribution in [0.25, 0.3) is 10.9 Å². The van der Waals surface area contributed by atoms with Gasteiger partial charge >= 0.3 is 0 Å². The fourth-order valence-electron chi connectivity index (χ4n) is 3.21. The van der Waals surface area contributed by atoms with Gasteiger partial charge < -0.3 is 9.84 Å². The van der Waals surface area contributed by atoms with Crippen molar-refractivity contribution < 1.29 is 14.2 Å². The number of halogens is 1. The number of benzene rings is 1. The molecule has 0 aliphatic heterocycles. The van der Waals surface area contributed by atoms with Gasteiger partial charge in [0.1, 0.15) is 17.1 Å². The first-order chi connectivity index (χ1) is 12.8. The van der Waals surface area contributed by atoms with E-state index in [2.05, 4.69) is 4.98 Å². The maximum absolute atomic E-state index is 13.9. The molecule has 4 heteroatoms. The van der Waals surface area contributed by atoms with Crippen LogP contribution in [0.15, 0.2) is 36.6 Å². The summed E-state index contributed by atoms with van der Waals surface area (Å²) in [6.07, 6.45) is 14.6. The Morgan fingerprint density at radius 2 is 1.65 bits per heavy atom. The molecule has 0 saturated carbocycles. The zero-order valence-corrected chi connectivity index (χ0v) is 15.7. The standard InChI is InChI=1S/C22H30FNO2/c1-26-21-16-15-20(23)19-14-13-18(24-22(19)21)12-10-8-6-4-2-3-5-7-9-11-17-25/h11,13-17,25H,2-10,12H2,1H3. The Labute approximate surface area is 155 Å². The van der Waals surface area contributed by atoms with Gasteiger partial charge in [-0.1, -0.05) is 44.6 Å². The number of ether oxygens (including phenoxy) is 1. The normalized spacial score (nSPS) is 11.5. The first kappa shape index (κ1) is 20.2. The number of aromatic nitrogens is 1. The molecule has 0 saturated heterocycles. The van der Waals surface area contributed by atoms with E-state index in [4.69, 9.17) is 9.84 Å². The third kappa shape index (κ3) is 6.32. The van der Waals surface area contributed by atoms with Crippen molar-refractivity contribution in [1.29, 1.82) is 0 Å². The van der Waals surface area contributed by atoms with Crippen LogP contribution in [0.3, 0.4) is 0 Å². The molecule has 0 spiro atoms. The number of pyridine rings is 1. The number of aryl methyl sites for hydroxylation is 1. The van der Waals surface area contributed by atoms with Gasteiger partial charge in [0.2, 0.25) is 0 Å². The number of aliphatic hydroxyl groups excluding tert-OH is 1. The fourth-order valence-corrected chi connectivity index (χ4v) is 3.21. The molecular formula is C22H30FNO2. The molecule has 0 amide bonds. The summed E-state index contributed by atoms with van der Waals surface area (Å²) in [7, 11) is 1.59. The lowest BCUT2D eigenvalue weighted by atomic mass is 10.0. The Morgan fingerprint density at radius 1 is 0.962 bits per heavy atom. The predicted molar refractivity (Wildman–Crippen MR) is 105 cm³/mol. The minimum absolute atomic E-state index is 0.257. The van der Waals surface area contributed by atoms with Crippen molar-refractivity contribution in [2.24, 2.45) is 0 Å². The average molecular weight is 359 g/mol. The zero-order chi connectivity index (χ0) is 18.6. The molecule has 142 valence electrons. The van der Waals surface area contributed by atoms with Gasteiger partial charge in [0, 0.05) is 11.1 Å². The number of methoxy groups -OCH3 is 1. The van der Waals surface area contributed by atoms with E-state index in [1.54, 1.807) is 13.2 Å². The van der Waals surface area contributed by atoms with Crippen LogP contribution in [-0.2, 0) is 6.42 Å². The number of nitrogens with zero attached hydrogens (tertiary/aromatic N) is 1. The molecular weight excluding hydrogens is 329 g/mol. The largest absolute Gasteiger partial charge is 0.516 e. The van der Waals surface area contributed by atoms with Crippen LogP contribution in [0.2, 0.25) is 0 Å². The number of allylic oxidation sites excluding steroid dienone is 1. The van der Waals surface area contributed by atoms with Crippen LogP contribution < -0.4 is 4.74 Å². The summed E-state index contributed by atoms with van der Waals surface area (Å²) < 4.78 is 19.2. The molecule has 0 aliphatic rings. The lowest BCUT2D eigenvalue weighted by molar-refractivity contribution is 0.418. The van der Waals surface area contributed by atoms with Gasteiger partial charge in [-0.25, -0.2) is 9.37 Å². The Balaban J connectivity index is 1.67. The molecule has 0 unspecified atom stereocenters. The van der Waals surface area contributed by atoms with Gasteiger partial charge in [0.25, 0.3) is 0 Å². The van der Waals surface area contributed by atoms with Crippen molar-refractivity contribution in [1.82, 2.24) is 4.98 Å². The van der Waals surface area contributed by atoms with E-state index >= 15 is 0 Å². The summed E-state index contributed by atoms with van der Waals surface area (Å²) >= 11 is 0. The van der Waals surface area contributed by atoms with Crippen molar-refractivity contribution in [2.75, 3.05) is 7.11 Å². The molecule has 1 aromatic carbocycles. The van der Waals surface area contributed by atoms with Crippen LogP contribution in [0.1, 0.15) is 63.5 Å². The van der Waals surface area contributed by atoms with Crippen LogP contribution in [0, 0.1) is 5.82 Å². The number of hydrogen-bond donors (Lipinski definition) is 1. The summed E-state index contributed by atoms with van der Waals surface area (Å²) in [5, 5.41) is 9.07. The number of fused-ring (bicyclic) bond motifs is 1. The Kier molecular flexibility index (Phi) is 8.94. The SMILES string of the molecule is COc1ccc(F)c2ccc(CCCCCCCCCCC=CO)nc12. The first-order valence-electron chi connectivity index (χ1n) is 9.67. The number of hydrogen-bond acceptors (Lipinski definition) is 3. The highest BCUT2D eigenvalue weighted by Crippen LogP contribution is 2.26. The van der Waals surface area contributed by atoms with Gasteiger partial charge in [-0.05, 0) is 49.9 Å². The van der Waals surface area contributed by atoms with Gasteiger partial charge in [-0.3, -0.25) is 0 Å². The summed E-state index contributed by atoms with van der Waals surface area (Å²) in [5.74, 6) is 0.366. The molecule has 0 fully saturated rings. The molecule has 0 aliphatic carbocycles. The summed E-state index contributed by atoms with van der Waals surface area (Å²) in [5.41, 5.74) is 1.61. The van der Waals surface area contributed by atoms with Crippen LogP contribution in [0.5, 0.6) is 5.75 Å². The van der Waals surface area contributed by atoms with Crippen molar-refractivity contribution >= 4 is 10.9 Å². The van der Waals surface area contributed by atoms with Crippen molar-refractivity contribution in [3.63, 3.8) is 0 Å². The highest BCUT2D eigenvalue weighted by Gasteiger charge is 2.08. The molecule has 0 radical (unpaired) electrons. The smallest absolute Gasteiger partial charge is 0.145 e. The van der Waals surface area contributed by atoms with E-state index in [1.807, 2.05) is 18.2 Å². The third-order valence-corrected chi connectivity index (χ3v) is 4.70. The van der Waals surface area contributed by atoms with Crippen LogP contribution >= 0.6 is 0 Å². The lowest BCUT2D eigenvalue weighted by Gasteiger charge is -2.08. The number of rotatable bonds is 12.